The summed E-state index contributed by atoms with van der Waals surface area (Å²) in [6.45, 7) is 1.25. The van der Waals surface area contributed by atoms with Crippen LogP contribution in [-0.4, -0.2) is 65.6 Å². The van der Waals surface area contributed by atoms with Gasteiger partial charge in [0.1, 0.15) is 0 Å². The number of hydrogen-bond donors (Lipinski definition) is 2. The number of rotatable bonds is 9. The molecule has 0 spiro atoms. The number of benzene rings is 2. The van der Waals surface area contributed by atoms with E-state index in [1.807, 2.05) is 24.3 Å². The van der Waals surface area contributed by atoms with E-state index >= 15 is 0 Å². The number of carbonyl (C=O) groups excluding carboxylic acids is 2. The number of ether oxygens (including phenoxy) is 2. The predicted octanol–water partition coefficient (Wildman–Crippen LogP) is 1.77. The lowest BCUT2D eigenvalue weighted by Crippen LogP contribution is -2.42. The minimum absolute atomic E-state index is 0.168. The van der Waals surface area contributed by atoms with E-state index in [-0.39, 0.29) is 37.7 Å². The van der Waals surface area contributed by atoms with Gasteiger partial charge in [-0.05, 0) is 17.5 Å². The fourth-order valence-corrected chi connectivity index (χ4v) is 3.20. The van der Waals surface area contributed by atoms with Gasteiger partial charge in [-0.25, -0.2) is 0 Å². The average molecular weight is 377 g/mol. The summed E-state index contributed by atoms with van der Waals surface area (Å²) in [7, 11) is -1.93. The van der Waals surface area contributed by atoms with Crippen molar-refractivity contribution in [2.75, 3.05) is 39.1 Å². The fourth-order valence-electron chi connectivity index (χ4n) is 2.91. The van der Waals surface area contributed by atoms with Crippen LogP contribution in [0, 0.1) is 0 Å². The second-order valence-corrected chi connectivity index (χ2v) is 6.98. The summed E-state index contributed by atoms with van der Waals surface area (Å²) in [5.74, 6) is -0.614. The molecule has 0 fully saturated rings. The summed E-state index contributed by atoms with van der Waals surface area (Å²) in [6.07, 6.45) is 0.205. The van der Waals surface area contributed by atoms with Crippen LogP contribution in [-0.2, 0) is 9.47 Å². The number of carbonyl (C=O) groups is 2. The first kappa shape index (κ1) is 18.9. The number of amides is 2. The number of imide groups is 1. The summed E-state index contributed by atoms with van der Waals surface area (Å²) in [4.78, 5) is 44.0. The lowest BCUT2D eigenvalue weighted by molar-refractivity contribution is 0.0365. The van der Waals surface area contributed by atoms with Crippen molar-refractivity contribution in [3.05, 3.63) is 47.5 Å². The Hall–Kier alpha value is -1.89. The lowest BCUT2D eigenvalue weighted by Gasteiger charge is -2.27. The SMILES string of the molecule is O=C1c2cccc3cccc(c23)C(=O)N1CCOCCOCCP(O)O. The van der Waals surface area contributed by atoms with Crippen molar-refractivity contribution < 1.29 is 28.8 Å². The molecule has 1 heterocycles. The third kappa shape index (κ3) is 4.09. The molecule has 8 heteroatoms. The molecule has 0 saturated heterocycles. The van der Waals surface area contributed by atoms with E-state index in [2.05, 4.69) is 0 Å². The second kappa shape index (κ2) is 8.66. The third-order valence-electron chi connectivity index (χ3n) is 4.12. The van der Waals surface area contributed by atoms with Gasteiger partial charge in [-0.15, -0.1) is 0 Å². The molecule has 26 heavy (non-hydrogen) atoms. The van der Waals surface area contributed by atoms with Gasteiger partial charge in [-0.2, -0.15) is 0 Å². The van der Waals surface area contributed by atoms with Crippen molar-refractivity contribution in [3.63, 3.8) is 0 Å². The topological polar surface area (TPSA) is 96.3 Å². The first-order chi connectivity index (χ1) is 12.6. The van der Waals surface area contributed by atoms with E-state index in [1.165, 1.54) is 4.90 Å². The molecule has 0 unspecified atom stereocenters. The Balaban J connectivity index is 1.54. The van der Waals surface area contributed by atoms with Crippen molar-refractivity contribution >= 4 is 31.0 Å². The van der Waals surface area contributed by atoms with Crippen molar-refractivity contribution in [1.29, 1.82) is 0 Å². The minimum atomic E-state index is -1.93. The van der Waals surface area contributed by atoms with Crippen LogP contribution in [0.1, 0.15) is 20.7 Å². The lowest BCUT2D eigenvalue weighted by atomic mass is 9.94. The summed E-state index contributed by atoms with van der Waals surface area (Å²) < 4.78 is 10.6. The Morgan fingerprint density at radius 3 is 2.00 bits per heavy atom. The maximum absolute atomic E-state index is 12.7. The molecule has 0 bridgehead atoms. The van der Waals surface area contributed by atoms with Crippen LogP contribution in [0.3, 0.4) is 0 Å². The van der Waals surface area contributed by atoms with Crippen LogP contribution in [0.25, 0.3) is 10.8 Å². The van der Waals surface area contributed by atoms with E-state index in [4.69, 9.17) is 19.3 Å². The van der Waals surface area contributed by atoms with E-state index < -0.39 is 8.38 Å². The first-order valence-corrected chi connectivity index (χ1v) is 9.71. The van der Waals surface area contributed by atoms with Gasteiger partial charge >= 0.3 is 0 Å². The predicted molar refractivity (Wildman–Crippen MR) is 97.2 cm³/mol. The zero-order valence-electron chi connectivity index (χ0n) is 14.1. The van der Waals surface area contributed by atoms with E-state index in [0.29, 0.717) is 29.7 Å². The Morgan fingerprint density at radius 1 is 0.846 bits per heavy atom. The Bertz CT molecular complexity index is 759. The molecule has 3 rings (SSSR count). The molecule has 2 aromatic carbocycles. The van der Waals surface area contributed by atoms with E-state index in [9.17, 15) is 9.59 Å². The standard InChI is InChI=1S/C18H20NO6P/c20-17-14-5-1-3-13-4-2-6-15(16(13)14)18(21)19(17)7-8-24-9-10-25-11-12-26(22)23/h1-6,22-23H,7-12H2. The number of hydrogen-bond acceptors (Lipinski definition) is 6. The average Bonchev–Trinajstić information content (AvgIpc) is 2.63. The van der Waals surface area contributed by atoms with Gasteiger partial charge < -0.3 is 19.3 Å². The third-order valence-corrected chi connectivity index (χ3v) is 4.71. The molecule has 1 aliphatic heterocycles. The maximum Gasteiger partial charge on any atom is 0.261 e. The van der Waals surface area contributed by atoms with Crippen molar-refractivity contribution in [2.45, 2.75) is 0 Å². The van der Waals surface area contributed by atoms with Crippen LogP contribution in [0.2, 0.25) is 0 Å². The highest BCUT2D eigenvalue weighted by atomic mass is 31.2. The van der Waals surface area contributed by atoms with Crippen molar-refractivity contribution in [2.24, 2.45) is 0 Å². The zero-order chi connectivity index (χ0) is 18.5. The zero-order valence-corrected chi connectivity index (χ0v) is 15.0. The molecule has 2 amide bonds. The second-order valence-electron chi connectivity index (χ2n) is 5.79. The normalized spacial score (nSPS) is 13.9. The fraction of sp³-hybridized carbons (Fsp3) is 0.333. The Kier molecular flexibility index (Phi) is 6.29. The van der Waals surface area contributed by atoms with E-state index in [1.54, 1.807) is 12.1 Å². The summed E-state index contributed by atoms with van der Waals surface area (Å²) in [5, 5.41) is 1.59. The molecule has 138 valence electrons. The van der Waals surface area contributed by atoms with Crippen LogP contribution in [0.5, 0.6) is 0 Å². The molecule has 0 saturated carbocycles. The number of nitrogens with zero attached hydrogens (tertiary/aromatic N) is 1. The van der Waals surface area contributed by atoms with Gasteiger partial charge in [0.15, 0.2) is 8.38 Å². The van der Waals surface area contributed by atoms with Gasteiger partial charge in [0.05, 0.1) is 33.0 Å². The molecule has 7 nitrogen and oxygen atoms in total. The maximum atomic E-state index is 12.7. The van der Waals surface area contributed by atoms with Gasteiger partial charge in [-0.3, -0.25) is 14.5 Å². The van der Waals surface area contributed by atoms with Crippen molar-refractivity contribution in [1.82, 2.24) is 4.90 Å². The van der Waals surface area contributed by atoms with Crippen LogP contribution >= 0.6 is 8.38 Å². The van der Waals surface area contributed by atoms with Crippen LogP contribution in [0.4, 0.5) is 0 Å². The summed E-state index contributed by atoms with van der Waals surface area (Å²) in [6, 6.07) is 10.9. The molecule has 0 aromatic heterocycles. The Labute approximate surface area is 152 Å². The van der Waals surface area contributed by atoms with Crippen molar-refractivity contribution in [3.8, 4) is 0 Å². The van der Waals surface area contributed by atoms with Gasteiger partial charge in [0.2, 0.25) is 0 Å². The quantitative estimate of drug-likeness (QED) is 0.393. The molecule has 0 atom stereocenters. The highest BCUT2D eigenvalue weighted by molar-refractivity contribution is 7.45. The molecule has 2 N–H and O–H groups in total. The molecular weight excluding hydrogens is 357 g/mol. The molecule has 0 radical (unpaired) electrons. The van der Waals surface area contributed by atoms with Crippen LogP contribution in [0.15, 0.2) is 36.4 Å². The highest BCUT2D eigenvalue weighted by Gasteiger charge is 2.32. The highest BCUT2D eigenvalue weighted by Crippen LogP contribution is 2.29. The van der Waals surface area contributed by atoms with Gasteiger partial charge in [-0.1, -0.05) is 24.3 Å². The summed E-state index contributed by atoms with van der Waals surface area (Å²) >= 11 is 0. The Morgan fingerprint density at radius 2 is 1.42 bits per heavy atom. The largest absolute Gasteiger partial charge is 0.379 e. The van der Waals surface area contributed by atoms with Crippen LogP contribution < -0.4 is 0 Å². The van der Waals surface area contributed by atoms with Gasteiger partial charge in [0.25, 0.3) is 11.8 Å². The van der Waals surface area contributed by atoms with E-state index in [0.717, 1.165) is 5.39 Å². The first-order valence-electron chi connectivity index (χ1n) is 8.28. The molecular formula is C18H20NO6P. The summed E-state index contributed by atoms with van der Waals surface area (Å²) in [5.41, 5.74) is 1.07. The molecule has 0 aliphatic carbocycles. The van der Waals surface area contributed by atoms with Gasteiger partial charge in [0, 0.05) is 22.7 Å². The minimum Gasteiger partial charge on any atom is -0.379 e. The molecule has 1 aliphatic rings. The smallest absolute Gasteiger partial charge is 0.261 e. The monoisotopic (exact) mass is 377 g/mol. The molecule has 2 aromatic rings.